The zero-order valence-corrected chi connectivity index (χ0v) is 18.5. The Morgan fingerprint density at radius 3 is 2.40 bits per heavy atom. The molecule has 0 saturated carbocycles. The molecule has 2 aromatic carbocycles. The van der Waals surface area contributed by atoms with Crippen molar-refractivity contribution in [2.24, 2.45) is 0 Å². The number of anilines is 1. The molecule has 1 saturated heterocycles. The van der Waals surface area contributed by atoms with Crippen molar-refractivity contribution in [3.63, 3.8) is 0 Å². The van der Waals surface area contributed by atoms with E-state index < -0.39 is 9.84 Å². The Kier molecular flexibility index (Phi) is 7.66. The van der Waals surface area contributed by atoms with Gasteiger partial charge in [-0.1, -0.05) is 54.1 Å². The molecule has 0 spiro atoms. The summed E-state index contributed by atoms with van der Waals surface area (Å²) in [5, 5.41) is 3.04. The molecule has 1 heterocycles. The monoisotopic (exact) mass is 447 g/mol. The van der Waals surface area contributed by atoms with E-state index in [1.807, 2.05) is 18.2 Å². The smallest absolute Gasteiger partial charge is 0.238 e. The van der Waals surface area contributed by atoms with E-state index in [4.69, 9.17) is 11.6 Å². The van der Waals surface area contributed by atoms with Gasteiger partial charge < -0.3 is 5.32 Å². The molecule has 0 atom stereocenters. The number of halogens is 1. The van der Waals surface area contributed by atoms with Gasteiger partial charge in [0.25, 0.3) is 0 Å². The highest BCUT2D eigenvalue weighted by Crippen LogP contribution is 2.25. The third-order valence-corrected chi connectivity index (χ3v) is 6.39. The van der Waals surface area contributed by atoms with Crippen molar-refractivity contribution in [1.82, 2.24) is 9.80 Å². The molecule has 1 aliphatic rings. The van der Waals surface area contributed by atoms with Crippen molar-refractivity contribution in [2.75, 3.05) is 50.8 Å². The second-order valence-corrected chi connectivity index (χ2v) is 9.77. The summed E-state index contributed by atoms with van der Waals surface area (Å²) in [6.07, 6.45) is 5.40. The molecule has 0 unspecified atom stereocenters. The summed E-state index contributed by atoms with van der Waals surface area (Å²) in [5.74, 6) is -0.208. The van der Waals surface area contributed by atoms with Gasteiger partial charge in [-0.25, -0.2) is 8.42 Å². The van der Waals surface area contributed by atoms with Crippen molar-refractivity contribution in [2.45, 2.75) is 4.90 Å². The van der Waals surface area contributed by atoms with Gasteiger partial charge in [-0.15, -0.1) is 0 Å². The molecule has 160 valence electrons. The van der Waals surface area contributed by atoms with Crippen LogP contribution < -0.4 is 5.32 Å². The van der Waals surface area contributed by atoms with Gasteiger partial charge in [-0.05, 0) is 23.8 Å². The molecule has 0 aromatic heterocycles. The second-order valence-electron chi connectivity index (χ2n) is 7.35. The van der Waals surface area contributed by atoms with Crippen LogP contribution in [0.2, 0.25) is 5.02 Å². The number of carbonyl (C=O) groups excluding carboxylic acids is 1. The van der Waals surface area contributed by atoms with E-state index >= 15 is 0 Å². The zero-order valence-electron chi connectivity index (χ0n) is 16.9. The van der Waals surface area contributed by atoms with Crippen LogP contribution in [0.5, 0.6) is 0 Å². The highest BCUT2D eigenvalue weighted by atomic mass is 35.5. The molecule has 1 fully saturated rings. The lowest BCUT2D eigenvalue weighted by molar-refractivity contribution is -0.117. The lowest BCUT2D eigenvalue weighted by atomic mass is 10.2. The van der Waals surface area contributed by atoms with Gasteiger partial charge >= 0.3 is 0 Å². The fraction of sp³-hybridized carbons (Fsp3) is 0.318. The van der Waals surface area contributed by atoms with Gasteiger partial charge in [0.15, 0.2) is 9.84 Å². The highest BCUT2D eigenvalue weighted by molar-refractivity contribution is 7.90. The number of nitrogens with zero attached hydrogens (tertiary/aromatic N) is 2. The van der Waals surface area contributed by atoms with E-state index in [1.165, 1.54) is 23.8 Å². The number of carbonyl (C=O) groups is 1. The van der Waals surface area contributed by atoms with Gasteiger partial charge in [0.2, 0.25) is 5.91 Å². The minimum absolute atomic E-state index is 0.124. The summed E-state index contributed by atoms with van der Waals surface area (Å²) in [7, 11) is -3.37. The molecule has 30 heavy (non-hydrogen) atoms. The molecule has 0 radical (unpaired) electrons. The summed E-state index contributed by atoms with van der Waals surface area (Å²) >= 11 is 6.11. The van der Waals surface area contributed by atoms with Gasteiger partial charge in [0.05, 0.1) is 22.2 Å². The Morgan fingerprint density at radius 1 is 1.07 bits per heavy atom. The van der Waals surface area contributed by atoms with Crippen LogP contribution in [0.25, 0.3) is 6.08 Å². The van der Waals surface area contributed by atoms with E-state index in [2.05, 4.69) is 39.4 Å². The first kappa shape index (κ1) is 22.5. The largest absolute Gasteiger partial charge is 0.324 e. The first-order chi connectivity index (χ1) is 14.3. The predicted molar refractivity (Wildman–Crippen MR) is 122 cm³/mol. The van der Waals surface area contributed by atoms with Crippen molar-refractivity contribution < 1.29 is 13.2 Å². The molecule has 2 aromatic rings. The van der Waals surface area contributed by atoms with Crippen molar-refractivity contribution in [3.05, 3.63) is 65.2 Å². The van der Waals surface area contributed by atoms with Crippen LogP contribution in [0.15, 0.2) is 59.5 Å². The number of nitrogens with one attached hydrogen (secondary N) is 1. The average molecular weight is 448 g/mol. The lowest BCUT2D eigenvalue weighted by Gasteiger charge is -2.33. The van der Waals surface area contributed by atoms with E-state index in [0.29, 0.717) is 10.7 Å². The van der Waals surface area contributed by atoms with Gasteiger partial charge in [0, 0.05) is 39.0 Å². The first-order valence-electron chi connectivity index (χ1n) is 9.77. The summed E-state index contributed by atoms with van der Waals surface area (Å²) < 4.78 is 23.4. The van der Waals surface area contributed by atoms with E-state index in [0.717, 1.165) is 39.0 Å². The third-order valence-electron chi connectivity index (χ3n) is 4.95. The highest BCUT2D eigenvalue weighted by Gasteiger charge is 2.19. The predicted octanol–water partition coefficient (Wildman–Crippen LogP) is 3.01. The number of benzene rings is 2. The van der Waals surface area contributed by atoms with Crippen molar-refractivity contribution in [3.8, 4) is 0 Å². The summed E-state index contributed by atoms with van der Waals surface area (Å²) in [6.45, 7) is 4.48. The van der Waals surface area contributed by atoms with Crippen molar-refractivity contribution >= 4 is 39.1 Å². The lowest BCUT2D eigenvalue weighted by Crippen LogP contribution is -2.48. The van der Waals surface area contributed by atoms with Gasteiger partial charge in [0.1, 0.15) is 0 Å². The maximum Gasteiger partial charge on any atom is 0.238 e. The minimum atomic E-state index is -3.37. The van der Waals surface area contributed by atoms with Crippen LogP contribution >= 0.6 is 11.6 Å². The fourth-order valence-corrected chi connectivity index (χ4v) is 4.07. The molecule has 8 heteroatoms. The molecule has 1 N–H and O–H groups in total. The van der Waals surface area contributed by atoms with E-state index in [1.54, 1.807) is 0 Å². The first-order valence-corrected chi connectivity index (χ1v) is 12.0. The topological polar surface area (TPSA) is 69.7 Å². The van der Waals surface area contributed by atoms with Crippen LogP contribution in [0.3, 0.4) is 0 Å². The number of sulfone groups is 1. The molecule has 0 bridgehead atoms. The molecular weight excluding hydrogens is 422 g/mol. The molecule has 6 nitrogen and oxygen atoms in total. The summed E-state index contributed by atoms with van der Waals surface area (Å²) in [6, 6.07) is 14.5. The molecule has 3 rings (SSSR count). The van der Waals surface area contributed by atoms with Gasteiger partial charge in [-0.3, -0.25) is 14.6 Å². The van der Waals surface area contributed by atoms with E-state index in [9.17, 15) is 13.2 Å². The molecule has 1 aliphatic heterocycles. The standard InChI is InChI=1S/C22H26ClN3O3S/c1-30(28,29)19-9-10-20(23)21(16-19)24-22(27)17-26-14-12-25(13-15-26)11-5-8-18-6-3-2-4-7-18/h2-10,16H,11-15,17H2,1H3,(H,24,27)/b8-5+. The van der Waals surface area contributed by atoms with Crippen LogP contribution in [0, 0.1) is 0 Å². The average Bonchev–Trinajstić information content (AvgIpc) is 2.71. The Hall–Kier alpha value is -2.19. The van der Waals surface area contributed by atoms with Crippen LogP contribution in [0.4, 0.5) is 5.69 Å². The fourth-order valence-electron chi connectivity index (χ4n) is 3.26. The van der Waals surface area contributed by atoms with Crippen LogP contribution in [0.1, 0.15) is 5.56 Å². The van der Waals surface area contributed by atoms with Gasteiger partial charge in [-0.2, -0.15) is 0 Å². The normalized spacial score (nSPS) is 16.1. The number of amides is 1. The van der Waals surface area contributed by atoms with Crippen molar-refractivity contribution in [1.29, 1.82) is 0 Å². The molecule has 0 aliphatic carbocycles. The minimum Gasteiger partial charge on any atom is -0.324 e. The number of hydrogen-bond donors (Lipinski definition) is 1. The molecular formula is C22H26ClN3O3S. The van der Waals surface area contributed by atoms with Crippen LogP contribution in [-0.4, -0.2) is 69.6 Å². The maximum absolute atomic E-state index is 12.4. The summed E-state index contributed by atoms with van der Waals surface area (Å²) in [5.41, 5.74) is 1.50. The van der Waals surface area contributed by atoms with Crippen LogP contribution in [-0.2, 0) is 14.6 Å². The Bertz CT molecular complexity index is 1000. The summed E-state index contributed by atoms with van der Waals surface area (Å²) in [4.78, 5) is 17.0. The zero-order chi connectivity index (χ0) is 21.6. The maximum atomic E-state index is 12.4. The number of hydrogen-bond acceptors (Lipinski definition) is 5. The Balaban J connectivity index is 1.46. The number of piperazine rings is 1. The van der Waals surface area contributed by atoms with E-state index in [-0.39, 0.29) is 17.3 Å². The number of rotatable bonds is 7. The third kappa shape index (κ3) is 6.67. The second kappa shape index (κ2) is 10.2. The Labute approximate surface area is 183 Å². The Morgan fingerprint density at radius 2 is 1.73 bits per heavy atom. The SMILES string of the molecule is CS(=O)(=O)c1ccc(Cl)c(NC(=O)CN2CCN(C/C=C/c3ccccc3)CC2)c1. The molecule has 1 amide bonds. The quantitative estimate of drug-likeness (QED) is 0.706.